The van der Waals surface area contributed by atoms with Gasteiger partial charge in [0.15, 0.2) is 11.6 Å². The Morgan fingerprint density at radius 3 is 2.88 bits per heavy atom. The van der Waals surface area contributed by atoms with E-state index < -0.39 is 6.10 Å². The molecule has 34 heavy (non-hydrogen) atoms. The number of fused-ring (bicyclic) bond motifs is 1. The molecule has 9 heteroatoms. The van der Waals surface area contributed by atoms with Crippen LogP contribution in [0.1, 0.15) is 42.0 Å². The van der Waals surface area contributed by atoms with Gasteiger partial charge in [0.1, 0.15) is 17.6 Å². The van der Waals surface area contributed by atoms with Gasteiger partial charge in [-0.15, -0.1) is 0 Å². The first-order chi connectivity index (χ1) is 16.3. The summed E-state index contributed by atoms with van der Waals surface area (Å²) < 4.78 is 25.0. The van der Waals surface area contributed by atoms with Gasteiger partial charge in [0.25, 0.3) is 0 Å². The van der Waals surface area contributed by atoms with E-state index in [1.807, 2.05) is 24.9 Å². The summed E-state index contributed by atoms with van der Waals surface area (Å²) in [6.45, 7) is 7.09. The van der Waals surface area contributed by atoms with Crippen molar-refractivity contribution in [3.63, 3.8) is 0 Å². The minimum atomic E-state index is -0.524. The third kappa shape index (κ3) is 4.11. The maximum atomic E-state index is 14.4. The van der Waals surface area contributed by atoms with Crippen molar-refractivity contribution in [1.82, 2.24) is 24.5 Å². The van der Waals surface area contributed by atoms with Gasteiger partial charge in [-0.3, -0.25) is 9.36 Å². The molecule has 0 spiro atoms. The molecule has 0 amide bonds. The topological polar surface area (TPSA) is 83.8 Å². The van der Waals surface area contributed by atoms with Gasteiger partial charge in [-0.25, -0.2) is 9.37 Å². The van der Waals surface area contributed by atoms with E-state index in [4.69, 9.17) is 20.7 Å². The van der Waals surface area contributed by atoms with Gasteiger partial charge in [0.2, 0.25) is 0 Å². The predicted octanol–water partition coefficient (Wildman–Crippen LogP) is 5.31. The first-order valence-corrected chi connectivity index (χ1v) is 11.8. The fourth-order valence-corrected chi connectivity index (χ4v) is 4.63. The number of nitrogens with two attached hydrogens (primary N) is 1. The summed E-state index contributed by atoms with van der Waals surface area (Å²) in [6, 6.07) is 8.44. The molecule has 3 aromatic heterocycles. The molecule has 7 nitrogen and oxygen atoms in total. The average Bonchev–Trinajstić information content (AvgIpc) is 3.50. The lowest BCUT2D eigenvalue weighted by Gasteiger charge is -2.19. The molecule has 2 N–H and O–H groups in total. The number of ether oxygens (including phenoxy) is 1. The van der Waals surface area contributed by atoms with Crippen molar-refractivity contribution < 1.29 is 9.13 Å². The molecule has 1 aliphatic heterocycles. The summed E-state index contributed by atoms with van der Waals surface area (Å²) in [5.74, 6) is 0.305. The fourth-order valence-electron chi connectivity index (χ4n) is 4.32. The minimum Gasteiger partial charge on any atom is -0.482 e. The van der Waals surface area contributed by atoms with E-state index in [2.05, 4.69) is 33.6 Å². The molecule has 5 rings (SSSR count). The summed E-state index contributed by atoms with van der Waals surface area (Å²) in [7, 11) is 1.85. The van der Waals surface area contributed by atoms with Gasteiger partial charge in [-0.05, 0) is 66.0 Å². The van der Waals surface area contributed by atoms with Crippen LogP contribution in [0.2, 0.25) is 0 Å². The van der Waals surface area contributed by atoms with Crippen LogP contribution in [0.5, 0.6) is 5.75 Å². The van der Waals surface area contributed by atoms with Crippen LogP contribution in [0.15, 0.2) is 53.8 Å². The zero-order chi connectivity index (χ0) is 24.0. The number of nitrogen functional groups attached to an aromatic ring is 1. The van der Waals surface area contributed by atoms with E-state index >= 15 is 0 Å². The number of anilines is 1. The second kappa shape index (κ2) is 8.72. The lowest BCUT2D eigenvalue weighted by Crippen LogP contribution is -2.08. The summed E-state index contributed by atoms with van der Waals surface area (Å²) in [5.41, 5.74) is 11.7. The predicted molar refractivity (Wildman–Crippen MR) is 133 cm³/mol. The molecule has 1 aromatic carbocycles. The Kier molecular flexibility index (Phi) is 5.73. The van der Waals surface area contributed by atoms with Gasteiger partial charge in [0, 0.05) is 58.4 Å². The second-order valence-electron chi connectivity index (χ2n) is 8.42. The van der Waals surface area contributed by atoms with Gasteiger partial charge < -0.3 is 10.5 Å². The summed E-state index contributed by atoms with van der Waals surface area (Å²) in [4.78, 5) is 4.11. The number of aryl methyl sites for hydroxylation is 3. The van der Waals surface area contributed by atoms with Crippen molar-refractivity contribution in [3.8, 4) is 17.0 Å². The van der Waals surface area contributed by atoms with Crippen LogP contribution in [0, 0.1) is 5.82 Å². The van der Waals surface area contributed by atoms with Crippen LogP contribution in [-0.2, 0) is 20.0 Å². The number of pyridine rings is 1. The van der Waals surface area contributed by atoms with Crippen molar-refractivity contribution >= 4 is 27.3 Å². The zero-order valence-electron chi connectivity index (χ0n) is 18.9. The van der Waals surface area contributed by atoms with Crippen molar-refractivity contribution in [2.45, 2.75) is 32.4 Å². The van der Waals surface area contributed by atoms with E-state index in [0.717, 1.165) is 46.3 Å². The number of aromatic nitrogens is 5. The Hall–Kier alpha value is -3.46. The molecule has 0 unspecified atom stereocenters. The second-order valence-corrected chi connectivity index (χ2v) is 9.34. The maximum absolute atomic E-state index is 14.4. The summed E-state index contributed by atoms with van der Waals surface area (Å²) >= 11 is 3.38. The Balaban J connectivity index is 1.55. The molecule has 0 bridgehead atoms. The van der Waals surface area contributed by atoms with E-state index in [-0.39, 0.29) is 11.6 Å². The molecule has 4 aromatic rings. The molecule has 0 radical (unpaired) electrons. The Morgan fingerprint density at radius 2 is 2.09 bits per heavy atom. The quantitative estimate of drug-likeness (QED) is 0.371. The first-order valence-electron chi connectivity index (χ1n) is 11.0. The highest BCUT2D eigenvalue weighted by Crippen LogP contribution is 2.37. The monoisotopic (exact) mass is 522 g/mol. The number of hydrogen-bond acceptors (Lipinski definition) is 5. The molecule has 1 aliphatic rings. The highest BCUT2D eigenvalue weighted by molar-refractivity contribution is 9.10. The normalized spacial score (nSPS) is 13.6. The average molecular weight is 523 g/mol. The largest absolute Gasteiger partial charge is 0.482 e. The number of nitrogens with zero attached hydrogens (tertiary/aromatic N) is 5. The first kappa shape index (κ1) is 22.3. The molecule has 0 aliphatic carbocycles. The third-order valence-corrected chi connectivity index (χ3v) is 6.42. The van der Waals surface area contributed by atoms with Crippen LogP contribution in [0.4, 0.5) is 10.2 Å². The Morgan fingerprint density at radius 1 is 1.26 bits per heavy atom. The molecular formula is C25H24BrFN6O. The minimum absolute atomic E-state index is 0.257. The molecule has 0 saturated carbocycles. The smallest absolute Gasteiger partial charge is 0.166 e. The van der Waals surface area contributed by atoms with Crippen molar-refractivity contribution in [2.24, 2.45) is 7.05 Å². The third-order valence-electron chi connectivity index (χ3n) is 5.99. The maximum Gasteiger partial charge on any atom is 0.166 e. The van der Waals surface area contributed by atoms with Gasteiger partial charge in [-0.1, -0.05) is 6.58 Å². The molecular weight excluding hydrogens is 499 g/mol. The van der Waals surface area contributed by atoms with Crippen molar-refractivity contribution in [1.29, 1.82) is 0 Å². The van der Waals surface area contributed by atoms with Crippen LogP contribution in [0.3, 0.4) is 0 Å². The Labute approximate surface area is 205 Å². The van der Waals surface area contributed by atoms with Gasteiger partial charge in [-0.2, -0.15) is 10.2 Å². The SMILES string of the molecule is C=C(c1cc2n(n1)CCC2)c1cn(C)nc1-c1ccc(F)cc1[C@@H](C)Oc1cc(Br)cnc1N. The van der Waals surface area contributed by atoms with Crippen molar-refractivity contribution in [3.05, 3.63) is 82.1 Å². The number of halogens is 2. The summed E-state index contributed by atoms with van der Waals surface area (Å²) in [5, 5.41) is 9.43. The molecule has 0 saturated heterocycles. The van der Waals surface area contributed by atoms with Crippen LogP contribution >= 0.6 is 15.9 Å². The highest BCUT2D eigenvalue weighted by Gasteiger charge is 2.24. The lowest BCUT2D eigenvalue weighted by molar-refractivity contribution is 0.227. The van der Waals surface area contributed by atoms with Crippen LogP contribution in [-0.4, -0.2) is 24.5 Å². The van der Waals surface area contributed by atoms with Crippen LogP contribution < -0.4 is 10.5 Å². The van der Waals surface area contributed by atoms with E-state index in [1.54, 1.807) is 23.0 Å². The molecule has 4 heterocycles. The van der Waals surface area contributed by atoms with E-state index in [0.29, 0.717) is 17.0 Å². The van der Waals surface area contributed by atoms with Crippen molar-refractivity contribution in [2.75, 3.05) is 5.73 Å². The van der Waals surface area contributed by atoms with Gasteiger partial charge >= 0.3 is 0 Å². The van der Waals surface area contributed by atoms with E-state index in [9.17, 15) is 4.39 Å². The molecule has 1 atom stereocenters. The molecule has 174 valence electrons. The number of rotatable bonds is 6. The Bertz CT molecular complexity index is 1390. The summed E-state index contributed by atoms with van der Waals surface area (Å²) in [6.07, 6.45) is 5.12. The number of benzene rings is 1. The highest BCUT2D eigenvalue weighted by atomic mass is 79.9. The fraction of sp³-hybridized carbons (Fsp3) is 0.240. The van der Waals surface area contributed by atoms with Crippen LogP contribution in [0.25, 0.3) is 16.8 Å². The molecule has 0 fully saturated rings. The zero-order valence-corrected chi connectivity index (χ0v) is 20.5. The standard InChI is InChI=1S/C25H24BrFN6O/c1-14(22-11-18-5-4-8-33(18)30-22)21-13-32(3)31-24(21)19-7-6-17(27)10-20(19)15(2)34-23-9-16(26)12-29-25(23)28/h6-7,9-13,15H,1,4-5,8H2,2-3H3,(H2,28,29)/t15-/m1/s1. The number of hydrogen-bond donors (Lipinski definition) is 1. The van der Waals surface area contributed by atoms with Gasteiger partial charge in [0.05, 0.1) is 5.69 Å². The lowest BCUT2D eigenvalue weighted by atomic mass is 9.95. The van der Waals surface area contributed by atoms with E-state index in [1.165, 1.54) is 17.8 Å².